The Labute approximate surface area is 169 Å². The summed E-state index contributed by atoms with van der Waals surface area (Å²) in [6.07, 6.45) is 2.15. The largest absolute Gasteiger partial charge is 0.379 e. The number of morpholine rings is 1. The van der Waals surface area contributed by atoms with Crippen molar-refractivity contribution in [1.29, 1.82) is 0 Å². The maximum Gasteiger partial charge on any atom is 0.221 e. The lowest BCUT2D eigenvalue weighted by atomic mass is 10.0. The molecule has 0 spiro atoms. The normalized spacial score (nSPS) is 16.0. The third kappa shape index (κ3) is 4.81. The summed E-state index contributed by atoms with van der Waals surface area (Å²) in [5.41, 5.74) is 2.95. The number of nitrogens with zero attached hydrogens (tertiary/aromatic N) is 3. The van der Waals surface area contributed by atoms with E-state index in [1.165, 1.54) is 12.1 Å². The van der Waals surface area contributed by atoms with Crippen molar-refractivity contribution in [3.8, 4) is 0 Å². The third-order valence-corrected chi connectivity index (χ3v) is 5.34. The van der Waals surface area contributed by atoms with E-state index in [0.29, 0.717) is 32.7 Å². The number of hydrogen-bond acceptors (Lipinski definition) is 4. The van der Waals surface area contributed by atoms with Crippen LogP contribution < -0.4 is 5.32 Å². The van der Waals surface area contributed by atoms with Crippen LogP contribution in [0.5, 0.6) is 0 Å². The smallest absolute Gasteiger partial charge is 0.221 e. The van der Waals surface area contributed by atoms with Crippen molar-refractivity contribution < 1.29 is 13.9 Å². The summed E-state index contributed by atoms with van der Waals surface area (Å²) >= 11 is 0. The van der Waals surface area contributed by atoms with Gasteiger partial charge in [-0.3, -0.25) is 9.69 Å². The molecule has 0 aliphatic carbocycles. The molecule has 1 amide bonds. The highest BCUT2D eigenvalue weighted by molar-refractivity contribution is 5.77. The Balaban J connectivity index is 1.37. The molecule has 1 N–H and O–H groups in total. The molecule has 152 valence electrons. The lowest BCUT2D eigenvalue weighted by Gasteiger charge is -2.35. The zero-order valence-corrected chi connectivity index (χ0v) is 16.3. The van der Waals surface area contributed by atoms with Gasteiger partial charge in [0.1, 0.15) is 5.82 Å². The molecule has 1 atom stereocenters. The van der Waals surface area contributed by atoms with Crippen molar-refractivity contribution in [3.63, 3.8) is 0 Å². The number of aromatic nitrogens is 2. The Hall–Kier alpha value is -2.77. The van der Waals surface area contributed by atoms with E-state index < -0.39 is 0 Å². The highest BCUT2D eigenvalue weighted by atomic mass is 19.1. The number of carbonyl (C=O) groups is 1. The van der Waals surface area contributed by atoms with Gasteiger partial charge in [0.15, 0.2) is 0 Å². The Bertz CT molecular complexity index is 951. The molecule has 4 rings (SSSR count). The van der Waals surface area contributed by atoms with Crippen molar-refractivity contribution in [2.45, 2.75) is 19.0 Å². The van der Waals surface area contributed by atoms with E-state index in [0.717, 1.165) is 29.7 Å². The van der Waals surface area contributed by atoms with Gasteiger partial charge >= 0.3 is 0 Å². The first-order valence-electron chi connectivity index (χ1n) is 9.94. The van der Waals surface area contributed by atoms with Crippen LogP contribution in [0.2, 0.25) is 0 Å². The Morgan fingerprint density at radius 2 is 1.90 bits per heavy atom. The topological polar surface area (TPSA) is 59.4 Å². The summed E-state index contributed by atoms with van der Waals surface area (Å²) in [7, 11) is 0. The summed E-state index contributed by atoms with van der Waals surface area (Å²) in [5, 5.41) is 3.05. The van der Waals surface area contributed by atoms with Gasteiger partial charge in [-0.05, 0) is 29.8 Å². The van der Waals surface area contributed by atoms with Gasteiger partial charge in [0.05, 0.1) is 36.6 Å². The van der Waals surface area contributed by atoms with Crippen molar-refractivity contribution >= 4 is 16.9 Å². The summed E-state index contributed by atoms with van der Waals surface area (Å²) < 4.78 is 20.8. The summed E-state index contributed by atoms with van der Waals surface area (Å²) in [4.78, 5) is 19.1. The van der Waals surface area contributed by atoms with Gasteiger partial charge < -0.3 is 14.6 Å². The summed E-state index contributed by atoms with van der Waals surface area (Å²) in [6.45, 7) is 3.97. The van der Waals surface area contributed by atoms with Crippen LogP contribution in [0.4, 0.5) is 4.39 Å². The molecule has 6 nitrogen and oxygen atoms in total. The van der Waals surface area contributed by atoms with Crippen molar-refractivity contribution in [2.75, 3.05) is 32.8 Å². The van der Waals surface area contributed by atoms with Crippen LogP contribution in [0.3, 0.4) is 0 Å². The molecular weight excluding hydrogens is 371 g/mol. The average molecular weight is 396 g/mol. The number of hydrogen-bond donors (Lipinski definition) is 1. The predicted molar refractivity (Wildman–Crippen MR) is 109 cm³/mol. The minimum atomic E-state index is -0.258. The van der Waals surface area contributed by atoms with Gasteiger partial charge in [-0.2, -0.15) is 0 Å². The van der Waals surface area contributed by atoms with Crippen molar-refractivity contribution in [2.24, 2.45) is 0 Å². The zero-order valence-electron chi connectivity index (χ0n) is 16.3. The van der Waals surface area contributed by atoms with Crippen LogP contribution in [0.15, 0.2) is 54.9 Å². The van der Waals surface area contributed by atoms with Crippen LogP contribution in [0.1, 0.15) is 18.0 Å². The van der Waals surface area contributed by atoms with Crippen LogP contribution in [0.25, 0.3) is 11.0 Å². The highest BCUT2D eigenvalue weighted by Crippen LogP contribution is 2.22. The van der Waals surface area contributed by atoms with Crippen LogP contribution in [-0.4, -0.2) is 53.2 Å². The fourth-order valence-corrected chi connectivity index (χ4v) is 3.74. The number of rotatable bonds is 7. The number of imidazole rings is 1. The maximum absolute atomic E-state index is 13.3. The predicted octanol–water partition coefficient (Wildman–Crippen LogP) is 2.76. The molecule has 0 saturated carbocycles. The number of ether oxygens (including phenoxy) is 1. The number of benzene rings is 2. The number of amides is 1. The first kappa shape index (κ1) is 19.5. The van der Waals surface area contributed by atoms with Crippen LogP contribution >= 0.6 is 0 Å². The van der Waals surface area contributed by atoms with E-state index in [-0.39, 0.29) is 17.8 Å². The number of aryl methyl sites for hydroxylation is 1. The molecule has 1 aromatic heterocycles. The Morgan fingerprint density at radius 3 is 2.69 bits per heavy atom. The third-order valence-electron chi connectivity index (χ3n) is 5.34. The molecule has 29 heavy (non-hydrogen) atoms. The molecule has 0 radical (unpaired) electrons. The minimum Gasteiger partial charge on any atom is -0.379 e. The van der Waals surface area contributed by atoms with E-state index >= 15 is 0 Å². The number of nitrogens with one attached hydrogen (secondary N) is 1. The van der Waals surface area contributed by atoms with Gasteiger partial charge in [-0.25, -0.2) is 9.37 Å². The zero-order chi connectivity index (χ0) is 20.1. The van der Waals surface area contributed by atoms with Crippen LogP contribution in [0, 0.1) is 5.82 Å². The SMILES string of the molecule is O=C(CCn1cnc2ccccc21)NCC(c1ccc(F)cc1)N1CCOCC1. The van der Waals surface area contributed by atoms with E-state index in [1.54, 1.807) is 18.5 Å². The molecule has 0 bridgehead atoms. The number of halogens is 1. The number of fused-ring (bicyclic) bond motifs is 1. The average Bonchev–Trinajstić information content (AvgIpc) is 3.17. The van der Waals surface area contributed by atoms with Crippen molar-refractivity contribution in [3.05, 3.63) is 66.2 Å². The summed E-state index contributed by atoms with van der Waals surface area (Å²) in [6, 6.07) is 14.4. The quantitative estimate of drug-likeness (QED) is 0.667. The van der Waals surface area contributed by atoms with Crippen molar-refractivity contribution in [1.82, 2.24) is 19.8 Å². The second kappa shape index (κ2) is 9.15. The second-order valence-electron chi connectivity index (χ2n) is 7.20. The molecular formula is C22H25FN4O2. The maximum atomic E-state index is 13.3. The molecule has 1 aliphatic heterocycles. The van der Waals surface area contributed by atoms with Crippen LogP contribution in [-0.2, 0) is 16.1 Å². The van der Waals surface area contributed by atoms with Gasteiger partial charge in [0.25, 0.3) is 0 Å². The molecule has 7 heteroatoms. The van der Waals surface area contributed by atoms with E-state index in [9.17, 15) is 9.18 Å². The lowest BCUT2D eigenvalue weighted by Crippen LogP contribution is -2.43. The lowest BCUT2D eigenvalue weighted by molar-refractivity contribution is -0.121. The molecule has 3 aromatic rings. The molecule has 2 heterocycles. The Morgan fingerprint density at radius 1 is 1.14 bits per heavy atom. The fourth-order valence-electron chi connectivity index (χ4n) is 3.74. The van der Waals surface area contributed by atoms with E-state index in [4.69, 9.17) is 4.74 Å². The summed E-state index contributed by atoms with van der Waals surface area (Å²) in [5.74, 6) is -0.269. The monoisotopic (exact) mass is 396 g/mol. The van der Waals surface area contributed by atoms with E-state index in [2.05, 4.69) is 15.2 Å². The molecule has 1 saturated heterocycles. The second-order valence-corrected chi connectivity index (χ2v) is 7.20. The highest BCUT2D eigenvalue weighted by Gasteiger charge is 2.23. The Kier molecular flexibility index (Phi) is 6.17. The van der Waals surface area contributed by atoms with E-state index in [1.807, 2.05) is 28.8 Å². The van der Waals surface area contributed by atoms with Gasteiger partial charge in [-0.15, -0.1) is 0 Å². The fraction of sp³-hybridized carbons (Fsp3) is 0.364. The first-order valence-corrected chi connectivity index (χ1v) is 9.94. The van der Waals surface area contributed by atoms with Gasteiger partial charge in [0, 0.05) is 32.6 Å². The van der Waals surface area contributed by atoms with Gasteiger partial charge in [0.2, 0.25) is 5.91 Å². The standard InChI is InChI=1S/C22H25FN4O2/c23-18-7-5-17(6-8-18)21(26-11-13-29-14-12-26)15-24-22(28)9-10-27-16-25-19-3-1-2-4-20(19)27/h1-8,16,21H,9-15H2,(H,24,28). The molecule has 1 aliphatic rings. The molecule has 2 aromatic carbocycles. The minimum absolute atomic E-state index is 0.00229. The number of para-hydroxylation sites is 2. The number of carbonyl (C=O) groups excluding carboxylic acids is 1. The molecule has 1 unspecified atom stereocenters. The van der Waals surface area contributed by atoms with Gasteiger partial charge in [-0.1, -0.05) is 24.3 Å². The molecule has 1 fully saturated rings. The first-order chi connectivity index (χ1) is 14.2.